The van der Waals surface area contributed by atoms with Crippen LogP contribution in [0, 0.1) is 30.9 Å². The largest absolute Gasteiger partial charge is 0.493 e. The predicted molar refractivity (Wildman–Crippen MR) is 250 cm³/mol. The number of methoxy groups -OCH3 is 2. The molecule has 8 rings (SSSR count). The molecular formula is C47H46ClN9O11S. The zero-order chi connectivity index (χ0) is 49.3. The lowest BCUT2D eigenvalue weighted by Crippen LogP contribution is -2.54. The van der Waals surface area contributed by atoms with Crippen molar-refractivity contribution in [2.24, 2.45) is 4.99 Å². The molecule has 1 unspecified atom stereocenters. The third kappa shape index (κ3) is 9.51. The number of aromatic nitrogens is 3. The molecule has 22 heteroatoms. The van der Waals surface area contributed by atoms with Crippen molar-refractivity contribution in [2.45, 2.75) is 71.5 Å². The second-order valence-corrected chi connectivity index (χ2v) is 18.1. The maximum Gasteiger partial charge on any atom is 0.278 e. The number of nitrogens with zero attached hydrogens (tertiary/aromatic N) is 7. The zero-order valence-electron chi connectivity index (χ0n) is 38.1. The lowest BCUT2D eigenvalue weighted by molar-refractivity contribution is -0.385. The van der Waals surface area contributed by atoms with Gasteiger partial charge in [0.15, 0.2) is 23.9 Å². The number of carbonyl (C=O) groups excluding carboxylic acids is 6. The van der Waals surface area contributed by atoms with Crippen molar-refractivity contribution in [3.05, 3.63) is 120 Å². The molecule has 6 amide bonds. The number of ether oxygens (including phenoxy) is 3. The van der Waals surface area contributed by atoms with Crippen molar-refractivity contribution in [1.29, 1.82) is 0 Å². The van der Waals surface area contributed by atoms with Crippen LogP contribution in [0.15, 0.2) is 59.6 Å². The number of aryl methyl sites for hydroxylation is 2. The fourth-order valence-electron chi connectivity index (χ4n) is 8.59. The number of hydrogen-bond donors (Lipinski definition) is 2. The number of nitro benzene ring substituents is 1. The Labute approximate surface area is 403 Å². The quantitative estimate of drug-likeness (QED) is 0.0505. The maximum absolute atomic E-state index is 14.8. The fourth-order valence-corrected chi connectivity index (χ4v) is 9.93. The van der Waals surface area contributed by atoms with Crippen molar-refractivity contribution in [3.8, 4) is 22.2 Å². The van der Waals surface area contributed by atoms with E-state index < -0.39 is 53.1 Å². The van der Waals surface area contributed by atoms with Crippen LogP contribution >= 0.6 is 22.9 Å². The summed E-state index contributed by atoms with van der Waals surface area (Å²) in [7, 11) is 2.77. The van der Waals surface area contributed by atoms with Gasteiger partial charge in [0.05, 0.1) is 60.6 Å². The molecule has 2 N–H and O–H groups in total. The third-order valence-electron chi connectivity index (χ3n) is 12.2. The van der Waals surface area contributed by atoms with Crippen molar-refractivity contribution < 1.29 is 47.9 Å². The molecule has 5 aromatic rings. The number of carbonyl (C=O) groups is 6. The second kappa shape index (κ2) is 20.0. The lowest BCUT2D eigenvalue weighted by atomic mass is 9.99. The third-order valence-corrected chi connectivity index (χ3v) is 13.6. The van der Waals surface area contributed by atoms with Crippen LogP contribution in [-0.4, -0.2) is 111 Å². The van der Waals surface area contributed by atoms with Gasteiger partial charge in [-0.2, -0.15) is 0 Å². The van der Waals surface area contributed by atoms with Crippen LogP contribution in [-0.2, 0) is 25.7 Å². The summed E-state index contributed by atoms with van der Waals surface area (Å²) in [6, 6.07) is 12.4. The second-order valence-electron chi connectivity index (χ2n) is 16.5. The molecule has 358 valence electrons. The van der Waals surface area contributed by atoms with Gasteiger partial charge in [0.25, 0.3) is 23.4 Å². The van der Waals surface area contributed by atoms with Gasteiger partial charge in [0.1, 0.15) is 28.7 Å². The summed E-state index contributed by atoms with van der Waals surface area (Å²) in [4.78, 5) is 99.2. The van der Waals surface area contributed by atoms with Crippen LogP contribution in [0.3, 0.4) is 0 Å². The van der Waals surface area contributed by atoms with Gasteiger partial charge in [0, 0.05) is 40.5 Å². The molecule has 20 nitrogen and oxygen atoms in total. The summed E-state index contributed by atoms with van der Waals surface area (Å²) in [6.07, 6.45) is 0.484. The van der Waals surface area contributed by atoms with Crippen molar-refractivity contribution in [3.63, 3.8) is 0 Å². The van der Waals surface area contributed by atoms with E-state index in [0.717, 1.165) is 31.5 Å². The molecule has 2 atom stereocenters. The van der Waals surface area contributed by atoms with E-state index in [4.69, 9.17) is 30.8 Å². The van der Waals surface area contributed by atoms with Gasteiger partial charge >= 0.3 is 0 Å². The van der Waals surface area contributed by atoms with Crippen LogP contribution in [0.1, 0.15) is 97.6 Å². The monoisotopic (exact) mass is 979 g/mol. The van der Waals surface area contributed by atoms with Crippen molar-refractivity contribution in [2.75, 3.05) is 33.9 Å². The molecule has 0 spiro atoms. The minimum absolute atomic E-state index is 0.00615. The first kappa shape index (κ1) is 48.0. The lowest BCUT2D eigenvalue weighted by Gasteiger charge is -2.27. The molecule has 2 aromatic heterocycles. The van der Waals surface area contributed by atoms with E-state index in [0.29, 0.717) is 35.2 Å². The Morgan fingerprint density at radius 1 is 0.971 bits per heavy atom. The van der Waals surface area contributed by atoms with Gasteiger partial charge < -0.3 is 24.4 Å². The molecular weight excluding hydrogens is 934 g/mol. The van der Waals surface area contributed by atoms with Crippen LogP contribution in [0.25, 0.3) is 5.00 Å². The van der Waals surface area contributed by atoms with E-state index in [1.807, 2.05) is 37.5 Å². The standard InChI is InChI=1S/C47H46ClN9O11S/c1-24-25(2)69-47-40(24)42(27-11-13-29(48)14-12-27)50-31(43-53-52-26(3)55(43)47)20-39(60)54(22-28-19-35(66-4)36(67-5)21-33(28)57(64)65)18-7-6-17-49-38(59)23-68-34-10-8-9-30-41(34)46(63)56(45(30)62)32-15-16-37(58)51-44(32)61/h8-14,19,21,31-32H,6-7,15-18,20,22-23H2,1-5H3,(H,49,59)(H,51,58,61)/t31-,32?/m0/s1. The number of halogens is 1. The molecule has 0 saturated carbocycles. The Morgan fingerprint density at radius 2 is 1.71 bits per heavy atom. The van der Waals surface area contributed by atoms with Gasteiger partial charge in [-0.3, -0.25) is 58.7 Å². The zero-order valence-corrected chi connectivity index (χ0v) is 39.7. The summed E-state index contributed by atoms with van der Waals surface area (Å²) >= 11 is 7.87. The molecule has 69 heavy (non-hydrogen) atoms. The van der Waals surface area contributed by atoms with Crippen LogP contribution in [0.4, 0.5) is 5.69 Å². The smallest absolute Gasteiger partial charge is 0.278 e. The number of hydrogen-bond acceptors (Lipinski definition) is 15. The predicted octanol–water partition coefficient (Wildman–Crippen LogP) is 5.52. The highest BCUT2D eigenvalue weighted by molar-refractivity contribution is 7.15. The summed E-state index contributed by atoms with van der Waals surface area (Å²) < 4.78 is 18.5. The van der Waals surface area contributed by atoms with E-state index in [-0.39, 0.29) is 84.4 Å². The van der Waals surface area contributed by atoms with Gasteiger partial charge in [-0.15, -0.1) is 21.5 Å². The van der Waals surface area contributed by atoms with Crippen LogP contribution in [0.5, 0.6) is 17.2 Å². The average molecular weight is 980 g/mol. The Hall–Kier alpha value is -7.52. The van der Waals surface area contributed by atoms with E-state index in [2.05, 4.69) is 20.8 Å². The average Bonchev–Trinajstić information content (AvgIpc) is 3.91. The highest BCUT2D eigenvalue weighted by Crippen LogP contribution is 2.41. The Kier molecular flexibility index (Phi) is 13.9. The number of aliphatic imine (C=N–C) groups is 1. The number of nitrogens with one attached hydrogen (secondary N) is 2. The Balaban J connectivity index is 0.988. The molecule has 0 aliphatic carbocycles. The summed E-state index contributed by atoms with van der Waals surface area (Å²) in [5, 5.41) is 27.7. The van der Waals surface area contributed by atoms with Crippen molar-refractivity contribution in [1.82, 2.24) is 35.2 Å². The highest BCUT2D eigenvalue weighted by Gasteiger charge is 2.46. The van der Waals surface area contributed by atoms with Gasteiger partial charge in [-0.1, -0.05) is 29.8 Å². The van der Waals surface area contributed by atoms with E-state index in [1.165, 1.54) is 49.5 Å². The van der Waals surface area contributed by atoms with Gasteiger partial charge in [-0.25, -0.2) is 0 Å². The molecule has 3 aromatic carbocycles. The molecule has 1 fully saturated rings. The molecule has 0 bridgehead atoms. The summed E-state index contributed by atoms with van der Waals surface area (Å²) in [6.45, 7) is 5.45. The van der Waals surface area contributed by atoms with E-state index in [1.54, 1.807) is 23.5 Å². The number of unbranched alkanes of at least 4 members (excludes halogenated alkanes) is 1. The minimum atomic E-state index is -1.17. The first-order valence-electron chi connectivity index (χ1n) is 21.9. The topological polar surface area (TPSA) is 247 Å². The Morgan fingerprint density at radius 3 is 2.42 bits per heavy atom. The van der Waals surface area contributed by atoms with Crippen molar-refractivity contribution >= 4 is 69.8 Å². The van der Waals surface area contributed by atoms with Gasteiger partial charge in [-0.05, 0) is 75.9 Å². The number of benzene rings is 3. The van der Waals surface area contributed by atoms with Crippen LogP contribution < -0.4 is 24.8 Å². The minimum Gasteiger partial charge on any atom is -0.493 e. The summed E-state index contributed by atoms with van der Waals surface area (Å²) in [5.41, 5.74) is 3.18. The summed E-state index contributed by atoms with van der Waals surface area (Å²) in [5.74, 6) is -2.24. The number of piperidine rings is 1. The van der Waals surface area contributed by atoms with Crippen LogP contribution in [0.2, 0.25) is 5.02 Å². The normalized spacial score (nSPS) is 16.2. The molecule has 3 aliphatic heterocycles. The molecule has 1 saturated heterocycles. The molecule has 5 heterocycles. The number of rotatable bonds is 17. The van der Waals surface area contributed by atoms with E-state index in [9.17, 15) is 38.9 Å². The number of imide groups is 2. The fraction of sp³-hybridized carbons (Fsp3) is 0.340. The first-order chi connectivity index (χ1) is 33.1. The Bertz CT molecular complexity index is 2970. The van der Waals surface area contributed by atoms with Gasteiger partial charge in [0.2, 0.25) is 17.7 Å². The first-order valence-corrected chi connectivity index (χ1v) is 23.1. The molecule has 0 radical (unpaired) electrons. The molecule has 3 aliphatic rings. The number of amides is 6. The SMILES string of the molecule is COc1cc(CN(CCCCNC(=O)COc2cccc3c2C(=O)N(C2CCC(=O)NC2=O)C3=O)C(=O)C[C@@H]2N=C(c3ccc(Cl)cc3)c3c(sc(C)c3C)-n3c(C)nnc32)c([N+](=O)[O-])cc1OC. The number of nitro groups is 1. The maximum atomic E-state index is 14.8. The number of thiophene rings is 1. The number of fused-ring (bicyclic) bond motifs is 4. The highest BCUT2D eigenvalue weighted by atomic mass is 35.5. The van der Waals surface area contributed by atoms with E-state index >= 15 is 0 Å².